The van der Waals surface area contributed by atoms with Crippen LogP contribution in [-0.4, -0.2) is 16.2 Å². The monoisotopic (exact) mass is 554 g/mol. The molecule has 1 aliphatic carbocycles. The molecular formula is C39H30N4. The van der Waals surface area contributed by atoms with Gasteiger partial charge in [0.05, 0.1) is 5.52 Å². The number of aryl methyl sites for hydroxylation is 1. The van der Waals surface area contributed by atoms with E-state index in [-0.39, 0.29) is 6.17 Å². The summed E-state index contributed by atoms with van der Waals surface area (Å²) in [6.45, 7) is 0. The Labute approximate surface area is 251 Å². The van der Waals surface area contributed by atoms with E-state index in [1.807, 2.05) is 36.4 Å². The summed E-state index contributed by atoms with van der Waals surface area (Å²) in [5, 5.41) is 4.95. The summed E-state index contributed by atoms with van der Waals surface area (Å²) in [7, 11) is 0. The number of rotatable bonds is 5. The van der Waals surface area contributed by atoms with E-state index in [2.05, 4.69) is 119 Å². The maximum absolute atomic E-state index is 5.20. The number of hydrogen-bond donors (Lipinski definition) is 1. The van der Waals surface area contributed by atoms with Crippen molar-refractivity contribution in [3.63, 3.8) is 0 Å². The number of fused-ring (bicyclic) bond motifs is 3. The second kappa shape index (κ2) is 10.7. The van der Waals surface area contributed by atoms with Gasteiger partial charge in [-0.15, -0.1) is 0 Å². The number of nitrogens with one attached hydrogen (secondary N) is 1. The molecule has 8 rings (SSSR count). The fraction of sp³-hybridized carbons (Fsp3) is 0.0769. The maximum Gasteiger partial charge on any atom is 0.169 e. The average Bonchev–Trinajstić information content (AvgIpc) is 3.43. The second-order valence-corrected chi connectivity index (χ2v) is 11.0. The SMILES string of the molecule is C1=Cc2c(c3ccccc3n2-c2ccc(C3=NC(c4ccccc4)N=C(c4ccccc4)N3)c(-c3ccccc3)c2)CC1. The lowest BCUT2D eigenvalue weighted by atomic mass is 9.97. The molecule has 1 N–H and O–H groups in total. The van der Waals surface area contributed by atoms with Crippen LogP contribution in [0.3, 0.4) is 0 Å². The highest BCUT2D eigenvalue weighted by molar-refractivity contribution is 6.18. The summed E-state index contributed by atoms with van der Waals surface area (Å²) in [6, 6.07) is 46.8. The number of para-hydroxylation sites is 1. The van der Waals surface area contributed by atoms with Gasteiger partial charge >= 0.3 is 0 Å². The number of nitrogens with zero attached hydrogens (tertiary/aromatic N) is 3. The van der Waals surface area contributed by atoms with E-state index < -0.39 is 0 Å². The minimum Gasteiger partial charge on any atom is -0.324 e. The lowest BCUT2D eigenvalue weighted by molar-refractivity contribution is 0.756. The molecule has 0 radical (unpaired) electrons. The van der Waals surface area contributed by atoms with Gasteiger partial charge in [0, 0.05) is 27.9 Å². The van der Waals surface area contributed by atoms with Crippen LogP contribution in [0.1, 0.15) is 40.5 Å². The Balaban J connectivity index is 1.32. The van der Waals surface area contributed by atoms with Gasteiger partial charge in [-0.05, 0) is 65.4 Å². The predicted octanol–water partition coefficient (Wildman–Crippen LogP) is 8.75. The maximum atomic E-state index is 5.20. The van der Waals surface area contributed by atoms with Crippen molar-refractivity contribution in [2.24, 2.45) is 9.98 Å². The molecule has 0 fully saturated rings. The molecule has 4 nitrogen and oxygen atoms in total. The predicted molar refractivity (Wildman–Crippen MR) is 178 cm³/mol. The lowest BCUT2D eigenvalue weighted by Crippen LogP contribution is -2.36. The van der Waals surface area contributed by atoms with Gasteiger partial charge in [-0.25, -0.2) is 9.98 Å². The normalized spacial score (nSPS) is 15.9. The van der Waals surface area contributed by atoms with Crippen molar-refractivity contribution in [1.29, 1.82) is 0 Å². The number of allylic oxidation sites excluding steroid dienone is 1. The van der Waals surface area contributed by atoms with Gasteiger partial charge in [0.25, 0.3) is 0 Å². The van der Waals surface area contributed by atoms with Crippen molar-refractivity contribution in [2.75, 3.05) is 0 Å². The number of hydrogen-bond acceptors (Lipinski definition) is 3. The Kier molecular flexibility index (Phi) is 6.30. The summed E-state index contributed by atoms with van der Waals surface area (Å²) >= 11 is 0. The molecule has 0 bridgehead atoms. The number of aromatic nitrogens is 1. The number of amidine groups is 2. The minimum absolute atomic E-state index is 0.346. The Morgan fingerprint density at radius 2 is 1.30 bits per heavy atom. The molecule has 206 valence electrons. The molecule has 0 saturated heterocycles. The zero-order valence-corrected chi connectivity index (χ0v) is 23.7. The highest BCUT2D eigenvalue weighted by Crippen LogP contribution is 2.36. The van der Waals surface area contributed by atoms with E-state index in [9.17, 15) is 0 Å². The highest BCUT2D eigenvalue weighted by Gasteiger charge is 2.24. The minimum atomic E-state index is -0.346. The van der Waals surface area contributed by atoms with E-state index in [4.69, 9.17) is 9.98 Å². The van der Waals surface area contributed by atoms with E-state index in [0.29, 0.717) is 0 Å². The molecule has 1 unspecified atom stereocenters. The standard InChI is InChI=1S/C39H30N4/c1-4-14-27(15-5-1)34-26-30(43-35-22-12-10-20-31(35)32-21-11-13-23-36(32)43)24-25-33(34)39-41-37(28-16-6-2-7-17-28)40-38(42-39)29-18-8-3-9-19-29/h1-10,12-20,22-26,37H,11,21H2,(H,40,41,42). The first-order chi connectivity index (χ1) is 21.3. The summed E-state index contributed by atoms with van der Waals surface area (Å²) in [6.07, 6.45) is 6.37. The van der Waals surface area contributed by atoms with Crippen LogP contribution in [0, 0.1) is 0 Å². The van der Waals surface area contributed by atoms with Gasteiger partial charge in [0.15, 0.2) is 6.17 Å². The zero-order valence-electron chi connectivity index (χ0n) is 23.7. The third kappa shape index (κ3) is 4.58. The fourth-order valence-electron chi connectivity index (χ4n) is 6.30. The van der Waals surface area contributed by atoms with Crippen LogP contribution in [0.25, 0.3) is 33.8 Å². The Morgan fingerprint density at radius 3 is 2.09 bits per heavy atom. The van der Waals surface area contributed by atoms with Gasteiger partial charge in [0.1, 0.15) is 11.7 Å². The van der Waals surface area contributed by atoms with Crippen LogP contribution in [0.4, 0.5) is 0 Å². The summed E-state index contributed by atoms with van der Waals surface area (Å²) in [4.78, 5) is 10.2. The molecular weight excluding hydrogens is 524 g/mol. The molecule has 1 atom stereocenters. The van der Waals surface area contributed by atoms with Crippen molar-refractivity contribution < 1.29 is 0 Å². The fourth-order valence-corrected chi connectivity index (χ4v) is 6.30. The molecule has 0 saturated carbocycles. The summed E-state index contributed by atoms with van der Waals surface area (Å²) < 4.78 is 2.41. The van der Waals surface area contributed by atoms with Gasteiger partial charge in [0.2, 0.25) is 0 Å². The van der Waals surface area contributed by atoms with E-state index in [0.717, 1.165) is 58.0 Å². The highest BCUT2D eigenvalue weighted by atomic mass is 15.2. The molecule has 2 heterocycles. The first-order valence-electron chi connectivity index (χ1n) is 14.9. The van der Waals surface area contributed by atoms with Crippen LogP contribution in [-0.2, 0) is 6.42 Å². The molecule has 1 aromatic heterocycles. The molecule has 1 aliphatic heterocycles. The summed E-state index contributed by atoms with van der Waals surface area (Å²) in [5.74, 6) is 1.63. The van der Waals surface area contributed by atoms with Crippen LogP contribution in [0.2, 0.25) is 0 Å². The van der Waals surface area contributed by atoms with E-state index in [1.54, 1.807) is 0 Å². The van der Waals surface area contributed by atoms with Crippen molar-refractivity contribution in [3.8, 4) is 16.8 Å². The molecule has 43 heavy (non-hydrogen) atoms. The smallest absolute Gasteiger partial charge is 0.169 e. The van der Waals surface area contributed by atoms with E-state index >= 15 is 0 Å². The van der Waals surface area contributed by atoms with Crippen molar-refractivity contribution >= 4 is 28.7 Å². The quantitative estimate of drug-likeness (QED) is 0.227. The largest absolute Gasteiger partial charge is 0.324 e. The van der Waals surface area contributed by atoms with Gasteiger partial charge < -0.3 is 9.88 Å². The molecule has 0 amide bonds. The first kappa shape index (κ1) is 25.2. The third-order valence-corrected chi connectivity index (χ3v) is 8.34. The molecule has 0 spiro atoms. The van der Waals surface area contributed by atoms with Crippen LogP contribution < -0.4 is 5.32 Å². The van der Waals surface area contributed by atoms with Gasteiger partial charge in [-0.1, -0.05) is 115 Å². The van der Waals surface area contributed by atoms with Crippen LogP contribution in [0.5, 0.6) is 0 Å². The Morgan fingerprint density at radius 1 is 0.628 bits per heavy atom. The zero-order chi connectivity index (χ0) is 28.6. The van der Waals surface area contributed by atoms with Crippen molar-refractivity contribution in [1.82, 2.24) is 9.88 Å². The molecule has 4 heteroatoms. The van der Waals surface area contributed by atoms with Gasteiger partial charge in [-0.2, -0.15) is 0 Å². The van der Waals surface area contributed by atoms with Crippen molar-refractivity contribution in [3.05, 3.63) is 167 Å². The van der Waals surface area contributed by atoms with Gasteiger partial charge in [-0.3, -0.25) is 0 Å². The second-order valence-electron chi connectivity index (χ2n) is 11.0. The number of benzene rings is 5. The third-order valence-electron chi connectivity index (χ3n) is 8.34. The van der Waals surface area contributed by atoms with Crippen LogP contribution >= 0.6 is 0 Å². The van der Waals surface area contributed by atoms with Crippen molar-refractivity contribution in [2.45, 2.75) is 19.0 Å². The average molecular weight is 555 g/mol. The Hall–Kier alpha value is -5.48. The van der Waals surface area contributed by atoms with E-state index in [1.165, 1.54) is 22.2 Å². The molecule has 2 aliphatic rings. The molecule has 6 aromatic rings. The molecule has 5 aromatic carbocycles. The first-order valence-corrected chi connectivity index (χ1v) is 14.9. The topological polar surface area (TPSA) is 41.7 Å². The lowest BCUT2D eigenvalue weighted by Gasteiger charge is -2.24. The summed E-state index contributed by atoms with van der Waals surface area (Å²) in [5.41, 5.74) is 10.5. The number of aliphatic imine (C=N–C) groups is 2. The van der Waals surface area contributed by atoms with Crippen LogP contribution in [0.15, 0.2) is 150 Å². The Bertz CT molecular complexity index is 2030.